The van der Waals surface area contributed by atoms with E-state index in [2.05, 4.69) is 0 Å². The Labute approximate surface area is 114 Å². The highest BCUT2D eigenvalue weighted by molar-refractivity contribution is 7.98. The van der Waals surface area contributed by atoms with Gasteiger partial charge in [-0.1, -0.05) is 6.07 Å². The van der Waals surface area contributed by atoms with E-state index in [9.17, 15) is 8.78 Å². The predicted molar refractivity (Wildman–Crippen MR) is 73.3 cm³/mol. The Morgan fingerprint density at radius 3 is 2.58 bits per heavy atom. The number of anilines is 1. The van der Waals surface area contributed by atoms with E-state index in [1.807, 2.05) is 0 Å². The summed E-state index contributed by atoms with van der Waals surface area (Å²) in [5.74, 6) is -0.0319. The molecule has 0 saturated heterocycles. The van der Waals surface area contributed by atoms with Gasteiger partial charge in [-0.25, -0.2) is 8.78 Å². The van der Waals surface area contributed by atoms with Gasteiger partial charge in [-0.2, -0.15) is 0 Å². The van der Waals surface area contributed by atoms with E-state index in [0.717, 1.165) is 5.56 Å². The summed E-state index contributed by atoms with van der Waals surface area (Å²) in [4.78, 5) is 0.716. The summed E-state index contributed by atoms with van der Waals surface area (Å²) in [7, 11) is 1.42. The van der Waals surface area contributed by atoms with Crippen LogP contribution in [0.3, 0.4) is 0 Å². The molecule has 2 N–H and O–H groups in total. The second-order valence-electron chi connectivity index (χ2n) is 3.98. The van der Waals surface area contributed by atoms with Crippen molar-refractivity contribution in [3.63, 3.8) is 0 Å². The van der Waals surface area contributed by atoms with Crippen molar-refractivity contribution in [3.8, 4) is 5.75 Å². The van der Waals surface area contributed by atoms with Gasteiger partial charge in [0.15, 0.2) is 11.6 Å². The van der Waals surface area contributed by atoms with Crippen LogP contribution in [-0.4, -0.2) is 7.11 Å². The zero-order chi connectivity index (χ0) is 13.8. The number of methoxy groups -OCH3 is 1. The average Bonchev–Trinajstić information content (AvgIpc) is 2.35. The first kappa shape index (κ1) is 13.7. The Hall–Kier alpha value is -1.75. The van der Waals surface area contributed by atoms with Crippen LogP contribution < -0.4 is 10.5 Å². The molecule has 19 heavy (non-hydrogen) atoms. The number of hydrogen-bond donors (Lipinski definition) is 1. The Balaban J connectivity index is 2.08. The molecule has 2 aromatic carbocycles. The van der Waals surface area contributed by atoms with E-state index in [1.165, 1.54) is 37.1 Å². The van der Waals surface area contributed by atoms with Gasteiger partial charge in [0.25, 0.3) is 0 Å². The minimum absolute atomic E-state index is 0.212. The van der Waals surface area contributed by atoms with Gasteiger partial charge >= 0.3 is 0 Å². The van der Waals surface area contributed by atoms with E-state index in [1.54, 1.807) is 18.2 Å². The highest BCUT2D eigenvalue weighted by atomic mass is 32.2. The Kier molecular flexibility index (Phi) is 4.27. The molecule has 2 rings (SSSR count). The Bertz CT molecular complexity index is 569. The van der Waals surface area contributed by atoms with Crippen molar-refractivity contribution in [1.29, 1.82) is 0 Å². The van der Waals surface area contributed by atoms with Gasteiger partial charge in [-0.15, -0.1) is 11.8 Å². The molecule has 100 valence electrons. The molecule has 0 bridgehead atoms. The molecule has 5 heteroatoms. The van der Waals surface area contributed by atoms with Crippen LogP contribution in [0.25, 0.3) is 0 Å². The number of rotatable bonds is 4. The van der Waals surface area contributed by atoms with Gasteiger partial charge in [-0.3, -0.25) is 0 Å². The lowest BCUT2D eigenvalue weighted by Gasteiger charge is -2.06. The standard InChI is InChI=1S/C14H13F2NOS/c1-18-14-3-2-9(4-13(14)16)8-19-12-6-10(15)5-11(17)7-12/h2-7H,8,17H2,1H3. The maximum absolute atomic E-state index is 13.5. The predicted octanol–water partition coefficient (Wildman–Crippen LogP) is 3.85. The fourth-order valence-electron chi connectivity index (χ4n) is 1.63. The Morgan fingerprint density at radius 2 is 1.95 bits per heavy atom. The summed E-state index contributed by atoms with van der Waals surface area (Å²) in [6.07, 6.45) is 0. The lowest BCUT2D eigenvalue weighted by molar-refractivity contribution is 0.386. The van der Waals surface area contributed by atoms with E-state index in [4.69, 9.17) is 10.5 Å². The van der Waals surface area contributed by atoms with Crippen molar-refractivity contribution in [2.24, 2.45) is 0 Å². The lowest BCUT2D eigenvalue weighted by atomic mass is 10.2. The molecule has 2 nitrogen and oxygen atoms in total. The van der Waals surface area contributed by atoms with Crippen LogP contribution in [0.5, 0.6) is 5.75 Å². The SMILES string of the molecule is COc1ccc(CSc2cc(N)cc(F)c2)cc1F. The molecule has 0 aliphatic rings. The average molecular weight is 281 g/mol. The second kappa shape index (κ2) is 5.93. The first-order chi connectivity index (χ1) is 9.08. The third kappa shape index (κ3) is 3.61. The van der Waals surface area contributed by atoms with Gasteiger partial charge in [-0.05, 0) is 35.9 Å². The molecule has 0 aliphatic carbocycles. The third-order valence-corrected chi connectivity index (χ3v) is 3.56. The maximum atomic E-state index is 13.5. The summed E-state index contributed by atoms with van der Waals surface area (Å²) in [5.41, 5.74) is 6.74. The number of benzene rings is 2. The van der Waals surface area contributed by atoms with Crippen LogP contribution in [0.4, 0.5) is 14.5 Å². The minimum atomic E-state index is -0.403. The molecule has 0 aliphatic heterocycles. The summed E-state index contributed by atoms with van der Waals surface area (Å²) >= 11 is 1.40. The van der Waals surface area contributed by atoms with Gasteiger partial charge in [0, 0.05) is 16.3 Å². The minimum Gasteiger partial charge on any atom is -0.494 e. The Morgan fingerprint density at radius 1 is 1.16 bits per heavy atom. The number of nitrogens with two attached hydrogens (primary N) is 1. The first-order valence-corrected chi connectivity index (χ1v) is 6.58. The van der Waals surface area contributed by atoms with Crippen LogP contribution in [-0.2, 0) is 5.75 Å². The molecule has 0 radical (unpaired) electrons. The molecule has 0 fully saturated rings. The van der Waals surface area contributed by atoms with Gasteiger partial charge < -0.3 is 10.5 Å². The molecule has 0 atom stereocenters. The smallest absolute Gasteiger partial charge is 0.165 e. The molecule has 0 saturated carbocycles. The molecule has 0 amide bonds. The highest BCUT2D eigenvalue weighted by Crippen LogP contribution is 2.27. The van der Waals surface area contributed by atoms with E-state index in [-0.39, 0.29) is 11.6 Å². The van der Waals surface area contributed by atoms with Crippen LogP contribution >= 0.6 is 11.8 Å². The number of hydrogen-bond acceptors (Lipinski definition) is 3. The molecular weight excluding hydrogens is 268 g/mol. The molecule has 2 aromatic rings. The highest BCUT2D eigenvalue weighted by Gasteiger charge is 2.05. The maximum Gasteiger partial charge on any atom is 0.165 e. The zero-order valence-electron chi connectivity index (χ0n) is 10.3. The molecular formula is C14H13F2NOS. The monoisotopic (exact) mass is 281 g/mol. The topological polar surface area (TPSA) is 35.2 Å². The van der Waals surface area contributed by atoms with Gasteiger partial charge in [0.05, 0.1) is 7.11 Å². The van der Waals surface area contributed by atoms with Crippen molar-refractivity contribution in [2.75, 3.05) is 12.8 Å². The number of nitrogen functional groups attached to an aromatic ring is 1. The number of thioether (sulfide) groups is 1. The van der Waals surface area contributed by atoms with E-state index < -0.39 is 5.82 Å². The largest absolute Gasteiger partial charge is 0.494 e. The summed E-state index contributed by atoms with van der Waals surface area (Å²) in [5, 5.41) is 0. The first-order valence-electron chi connectivity index (χ1n) is 5.60. The van der Waals surface area contributed by atoms with Crippen molar-refractivity contribution in [2.45, 2.75) is 10.6 Å². The second-order valence-corrected chi connectivity index (χ2v) is 5.03. The zero-order valence-corrected chi connectivity index (χ0v) is 11.1. The van der Waals surface area contributed by atoms with E-state index >= 15 is 0 Å². The van der Waals surface area contributed by atoms with Crippen molar-refractivity contribution in [1.82, 2.24) is 0 Å². The van der Waals surface area contributed by atoms with Crippen molar-refractivity contribution < 1.29 is 13.5 Å². The van der Waals surface area contributed by atoms with Crippen molar-refractivity contribution >= 4 is 17.4 Å². The number of ether oxygens (including phenoxy) is 1. The molecule has 0 heterocycles. The summed E-state index contributed by atoms with van der Waals surface area (Å²) < 4.78 is 31.5. The molecule has 0 aromatic heterocycles. The normalized spacial score (nSPS) is 10.5. The molecule has 0 spiro atoms. The van der Waals surface area contributed by atoms with Gasteiger partial charge in [0.2, 0.25) is 0 Å². The number of halogens is 2. The molecule has 0 unspecified atom stereocenters. The van der Waals surface area contributed by atoms with Gasteiger partial charge in [0.1, 0.15) is 5.82 Å². The van der Waals surface area contributed by atoms with Crippen LogP contribution in [0.15, 0.2) is 41.3 Å². The third-order valence-electron chi connectivity index (χ3n) is 2.52. The van der Waals surface area contributed by atoms with Crippen molar-refractivity contribution in [3.05, 3.63) is 53.6 Å². The summed E-state index contributed by atoms with van der Waals surface area (Å²) in [6.45, 7) is 0. The fourth-order valence-corrected chi connectivity index (χ4v) is 2.56. The van der Waals surface area contributed by atoms with Crippen LogP contribution in [0, 0.1) is 11.6 Å². The quantitative estimate of drug-likeness (QED) is 0.683. The lowest BCUT2D eigenvalue weighted by Crippen LogP contribution is -1.91. The van der Waals surface area contributed by atoms with E-state index in [0.29, 0.717) is 16.3 Å². The summed E-state index contributed by atoms with van der Waals surface area (Å²) in [6, 6.07) is 9.11. The van der Waals surface area contributed by atoms with Crippen LogP contribution in [0.1, 0.15) is 5.56 Å². The fraction of sp³-hybridized carbons (Fsp3) is 0.143. The van der Waals surface area contributed by atoms with Crippen LogP contribution in [0.2, 0.25) is 0 Å².